The van der Waals surface area contributed by atoms with Crippen molar-refractivity contribution in [3.63, 3.8) is 0 Å². The number of likely N-dealkylation sites (N-methyl/N-ethyl adjacent to an activating group) is 1. The highest BCUT2D eigenvalue weighted by atomic mass is 32.1. The summed E-state index contributed by atoms with van der Waals surface area (Å²) in [5.41, 5.74) is 5.74. The van der Waals surface area contributed by atoms with Crippen LogP contribution in [0.3, 0.4) is 0 Å². The number of carbonyl (C=O) groups is 1. The van der Waals surface area contributed by atoms with Crippen molar-refractivity contribution in [1.82, 2.24) is 15.2 Å². The number of amides is 1. The van der Waals surface area contributed by atoms with Crippen LogP contribution in [-0.4, -0.2) is 49.0 Å². The summed E-state index contributed by atoms with van der Waals surface area (Å²) in [6.45, 7) is 1.77. The minimum atomic E-state index is -0.129. The van der Waals surface area contributed by atoms with Gasteiger partial charge in [-0.3, -0.25) is 4.79 Å². The Kier molecular flexibility index (Phi) is 4.60. The van der Waals surface area contributed by atoms with Crippen molar-refractivity contribution in [1.29, 1.82) is 0 Å². The number of thiazole rings is 1. The second-order valence-electron chi connectivity index (χ2n) is 4.82. The van der Waals surface area contributed by atoms with E-state index in [1.165, 1.54) is 24.2 Å². The molecule has 2 heterocycles. The highest BCUT2D eigenvalue weighted by Gasteiger charge is 2.21. The summed E-state index contributed by atoms with van der Waals surface area (Å²) in [6.07, 6.45) is 3.61. The zero-order chi connectivity index (χ0) is 13.8. The van der Waals surface area contributed by atoms with Gasteiger partial charge in [0.15, 0.2) is 5.13 Å². The largest absolute Gasteiger partial charge is 0.382 e. The number of nitrogens with two attached hydrogens (primary N) is 1. The quantitative estimate of drug-likeness (QED) is 0.767. The van der Waals surface area contributed by atoms with Gasteiger partial charge in [-0.2, -0.15) is 0 Å². The second kappa shape index (κ2) is 6.21. The molecule has 1 aromatic rings. The van der Waals surface area contributed by atoms with E-state index in [0.717, 1.165) is 13.0 Å². The lowest BCUT2D eigenvalue weighted by molar-refractivity contribution is 0.0933. The lowest BCUT2D eigenvalue weighted by Crippen LogP contribution is -2.44. The molecule has 1 unspecified atom stereocenters. The molecular formula is C12H21N5OS. The zero-order valence-corrected chi connectivity index (χ0v) is 12.2. The van der Waals surface area contributed by atoms with Gasteiger partial charge in [0.05, 0.1) is 0 Å². The predicted octanol–water partition coefficient (Wildman–Crippen LogP) is 0.981. The molecule has 1 amide bonds. The molecule has 1 saturated heterocycles. The van der Waals surface area contributed by atoms with E-state index in [-0.39, 0.29) is 5.91 Å². The maximum absolute atomic E-state index is 12.1. The molecule has 1 aromatic heterocycles. The van der Waals surface area contributed by atoms with Gasteiger partial charge >= 0.3 is 0 Å². The van der Waals surface area contributed by atoms with Crippen molar-refractivity contribution >= 4 is 28.2 Å². The number of likely N-dealkylation sites (tertiary alicyclic amines) is 1. The second-order valence-corrected chi connectivity index (χ2v) is 5.82. The zero-order valence-electron chi connectivity index (χ0n) is 11.4. The van der Waals surface area contributed by atoms with Crippen molar-refractivity contribution in [2.45, 2.75) is 25.3 Å². The molecule has 4 N–H and O–H groups in total. The van der Waals surface area contributed by atoms with Crippen LogP contribution in [0.1, 0.15) is 28.9 Å². The van der Waals surface area contributed by atoms with Crippen molar-refractivity contribution in [3.8, 4) is 0 Å². The van der Waals surface area contributed by atoms with E-state index in [1.54, 1.807) is 7.05 Å². The van der Waals surface area contributed by atoms with Gasteiger partial charge < -0.3 is 21.3 Å². The van der Waals surface area contributed by atoms with Gasteiger partial charge in [-0.15, -0.1) is 0 Å². The molecule has 1 aliphatic heterocycles. The molecule has 2 rings (SSSR count). The molecule has 1 atom stereocenters. The van der Waals surface area contributed by atoms with E-state index in [2.05, 4.69) is 27.6 Å². The first-order valence-electron chi connectivity index (χ1n) is 6.54. The van der Waals surface area contributed by atoms with E-state index >= 15 is 0 Å². The SMILES string of the molecule is CNc1nc(N)c(C(=O)NCC2CCCCN2C)s1. The number of carbonyl (C=O) groups excluding carboxylic acids is 1. The van der Waals surface area contributed by atoms with Crippen LogP contribution in [0.5, 0.6) is 0 Å². The number of hydrogen-bond acceptors (Lipinski definition) is 6. The molecule has 1 fully saturated rings. The third-order valence-electron chi connectivity index (χ3n) is 3.49. The molecule has 106 valence electrons. The smallest absolute Gasteiger partial charge is 0.265 e. The van der Waals surface area contributed by atoms with Gasteiger partial charge in [0.2, 0.25) is 0 Å². The topological polar surface area (TPSA) is 83.3 Å². The Bertz CT molecular complexity index is 447. The Labute approximate surface area is 117 Å². The van der Waals surface area contributed by atoms with Gasteiger partial charge in [0.25, 0.3) is 5.91 Å². The summed E-state index contributed by atoms with van der Waals surface area (Å²) in [6, 6.07) is 0.426. The van der Waals surface area contributed by atoms with Crippen LogP contribution in [0.4, 0.5) is 10.9 Å². The third-order valence-corrected chi connectivity index (χ3v) is 4.58. The summed E-state index contributed by atoms with van der Waals surface area (Å²) in [5, 5.41) is 6.52. The summed E-state index contributed by atoms with van der Waals surface area (Å²) >= 11 is 1.28. The van der Waals surface area contributed by atoms with E-state index in [4.69, 9.17) is 5.73 Å². The molecule has 0 aliphatic carbocycles. The molecule has 19 heavy (non-hydrogen) atoms. The number of rotatable bonds is 4. The first kappa shape index (κ1) is 14.1. The van der Waals surface area contributed by atoms with Crippen LogP contribution in [0.15, 0.2) is 0 Å². The number of aromatic nitrogens is 1. The monoisotopic (exact) mass is 283 g/mol. The van der Waals surface area contributed by atoms with Crippen molar-refractivity contribution in [2.24, 2.45) is 0 Å². The number of nitrogen functional groups attached to an aromatic ring is 1. The number of piperidine rings is 1. The molecule has 0 bridgehead atoms. The van der Waals surface area contributed by atoms with Crippen LogP contribution in [0, 0.1) is 0 Å². The Morgan fingerprint density at radius 1 is 1.58 bits per heavy atom. The van der Waals surface area contributed by atoms with Crippen LogP contribution in [0.2, 0.25) is 0 Å². The Morgan fingerprint density at radius 3 is 3.00 bits per heavy atom. The lowest BCUT2D eigenvalue weighted by Gasteiger charge is -2.32. The fourth-order valence-corrected chi connectivity index (χ4v) is 3.05. The van der Waals surface area contributed by atoms with Crippen molar-refractivity contribution in [2.75, 3.05) is 38.2 Å². The lowest BCUT2D eigenvalue weighted by atomic mass is 10.0. The van der Waals surface area contributed by atoms with E-state index < -0.39 is 0 Å². The molecule has 0 radical (unpaired) electrons. The van der Waals surface area contributed by atoms with Gasteiger partial charge in [0.1, 0.15) is 10.7 Å². The summed E-state index contributed by atoms with van der Waals surface area (Å²) in [4.78, 5) is 18.9. The minimum absolute atomic E-state index is 0.129. The Balaban J connectivity index is 1.91. The maximum atomic E-state index is 12.1. The fraction of sp³-hybridized carbons (Fsp3) is 0.667. The minimum Gasteiger partial charge on any atom is -0.382 e. The standard InChI is InChI=1S/C12H21N5OS/c1-14-12-16-10(13)9(19-12)11(18)15-7-8-5-3-4-6-17(8)2/h8H,3-7,13H2,1-2H3,(H,14,16)(H,15,18). The molecule has 1 aliphatic rings. The van der Waals surface area contributed by atoms with Gasteiger partial charge in [-0.1, -0.05) is 17.8 Å². The first-order chi connectivity index (χ1) is 9.11. The van der Waals surface area contributed by atoms with Crippen LogP contribution >= 0.6 is 11.3 Å². The normalized spacial score (nSPS) is 20.2. The van der Waals surface area contributed by atoms with Gasteiger partial charge in [-0.25, -0.2) is 4.98 Å². The predicted molar refractivity (Wildman–Crippen MR) is 78.7 cm³/mol. The van der Waals surface area contributed by atoms with Gasteiger partial charge in [-0.05, 0) is 26.4 Å². The number of anilines is 2. The number of nitrogens with zero attached hydrogens (tertiary/aromatic N) is 2. The Morgan fingerprint density at radius 2 is 2.37 bits per heavy atom. The summed E-state index contributed by atoms with van der Waals surface area (Å²) in [7, 11) is 3.87. The van der Waals surface area contributed by atoms with E-state index in [9.17, 15) is 4.79 Å². The summed E-state index contributed by atoms with van der Waals surface area (Å²) in [5.74, 6) is 0.166. The van der Waals surface area contributed by atoms with E-state index in [1.807, 2.05) is 0 Å². The average Bonchev–Trinajstić information content (AvgIpc) is 2.79. The average molecular weight is 283 g/mol. The van der Waals surface area contributed by atoms with Crippen LogP contribution in [-0.2, 0) is 0 Å². The third kappa shape index (κ3) is 3.36. The first-order valence-corrected chi connectivity index (χ1v) is 7.36. The van der Waals surface area contributed by atoms with E-state index in [0.29, 0.717) is 28.4 Å². The highest BCUT2D eigenvalue weighted by Crippen LogP contribution is 2.24. The van der Waals surface area contributed by atoms with Gasteiger partial charge in [0, 0.05) is 19.6 Å². The van der Waals surface area contributed by atoms with Crippen molar-refractivity contribution in [3.05, 3.63) is 4.88 Å². The molecule has 0 saturated carbocycles. The molecule has 0 spiro atoms. The van der Waals surface area contributed by atoms with Crippen LogP contribution in [0.25, 0.3) is 0 Å². The Hall–Kier alpha value is -1.34. The number of nitrogens with one attached hydrogen (secondary N) is 2. The summed E-state index contributed by atoms with van der Waals surface area (Å²) < 4.78 is 0. The molecular weight excluding hydrogens is 262 g/mol. The molecule has 0 aromatic carbocycles. The highest BCUT2D eigenvalue weighted by molar-refractivity contribution is 7.18. The maximum Gasteiger partial charge on any atom is 0.265 e. The van der Waals surface area contributed by atoms with Crippen LogP contribution < -0.4 is 16.4 Å². The fourth-order valence-electron chi connectivity index (χ4n) is 2.29. The number of hydrogen-bond donors (Lipinski definition) is 3. The van der Waals surface area contributed by atoms with Crippen molar-refractivity contribution < 1.29 is 4.79 Å². The molecule has 7 heteroatoms. The molecule has 6 nitrogen and oxygen atoms in total.